The van der Waals surface area contributed by atoms with Crippen LogP contribution in [0.4, 0.5) is 0 Å². The number of aliphatic hydroxyl groups is 1. The third-order valence-electron chi connectivity index (χ3n) is 11.8. The average molecular weight is 546 g/mol. The van der Waals surface area contributed by atoms with Crippen molar-refractivity contribution in [3.05, 3.63) is 47.4 Å². The first kappa shape index (κ1) is 26.0. The predicted octanol–water partition coefficient (Wildman–Crippen LogP) is 6.91. The van der Waals surface area contributed by atoms with Gasteiger partial charge in [-0.15, -0.1) is 0 Å². The van der Waals surface area contributed by atoms with Crippen molar-refractivity contribution < 1.29 is 9.90 Å². The summed E-state index contributed by atoms with van der Waals surface area (Å²) in [5.41, 5.74) is 4.13. The first-order valence-corrected chi connectivity index (χ1v) is 16.4. The van der Waals surface area contributed by atoms with Crippen molar-refractivity contribution >= 4 is 23.6 Å². The van der Waals surface area contributed by atoms with Gasteiger partial charge in [0.15, 0.2) is 0 Å². The molecule has 6 heteroatoms. The molecule has 5 aliphatic carbocycles. The van der Waals surface area contributed by atoms with Gasteiger partial charge in [-0.25, -0.2) is 4.98 Å². The minimum atomic E-state index is -0.364. The van der Waals surface area contributed by atoms with Gasteiger partial charge in [-0.2, -0.15) is 5.10 Å². The Morgan fingerprint density at radius 1 is 1.13 bits per heavy atom. The molecule has 2 aromatic rings. The van der Waals surface area contributed by atoms with Crippen molar-refractivity contribution in [1.82, 2.24) is 14.8 Å². The molecule has 4 saturated carbocycles. The van der Waals surface area contributed by atoms with Gasteiger partial charge in [-0.1, -0.05) is 56.5 Å². The second-order valence-corrected chi connectivity index (χ2v) is 14.7. The monoisotopic (exact) mass is 545 g/mol. The zero-order valence-electron chi connectivity index (χ0n) is 23.5. The molecule has 208 valence electrons. The van der Waals surface area contributed by atoms with Crippen LogP contribution in [0, 0.1) is 34.5 Å². The Bertz CT molecular complexity index is 1270. The zero-order valence-corrected chi connectivity index (χ0v) is 24.3. The Kier molecular flexibility index (Phi) is 6.58. The van der Waals surface area contributed by atoms with Crippen LogP contribution in [0.1, 0.15) is 95.4 Å². The third-order valence-corrected chi connectivity index (χ3v) is 12.7. The first-order chi connectivity index (χ1) is 18.9. The summed E-state index contributed by atoms with van der Waals surface area (Å²) >= 11 is 1.56. The number of thioether (sulfide) groups is 1. The number of allylic oxidation sites excluding steroid dienone is 1. The van der Waals surface area contributed by atoms with E-state index in [1.54, 1.807) is 18.0 Å². The fraction of sp³-hybridized carbons (Fsp3) is 0.667. The number of carbonyl (C=O) groups excluding carboxylic acids is 1. The van der Waals surface area contributed by atoms with Gasteiger partial charge in [-0.05, 0) is 104 Å². The van der Waals surface area contributed by atoms with Crippen LogP contribution in [-0.4, -0.2) is 37.5 Å². The molecule has 0 bridgehead atoms. The number of pyridine rings is 1. The highest BCUT2D eigenvalue weighted by Gasteiger charge is 2.63. The SMILES string of the molecule is CC12Cc3cnn(C4CCCCC4)c3C=C1CCC1C2[C@@H](O)CC2(C)C(C(=O)CSc3ccccn3)CCC12. The van der Waals surface area contributed by atoms with Gasteiger partial charge < -0.3 is 5.11 Å². The number of aromatic nitrogens is 3. The summed E-state index contributed by atoms with van der Waals surface area (Å²) in [5, 5.41) is 17.8. The van der Waals surface area contributed by atoms with Crippen molar-refractivity contribution in [3.8, 4) is 0 Å². The lowest BCUT2D eigenvalue weighted by atomic mass is 9.46. The summed E-state index contributed by atoms with van der Waals surface area (Å²) < 4.78 is 2.34. The quantitative estimate of drug-likeness (QED) is 0.413. The van der Waals surface area contributed by atoms with E-state index in [4.69, 9.17) is 5.10 Å². The van der Waals surface area contributed by atoms with Gasteiger partial charge >= 0.3 is 0 Å². The average Bonchev–Trinajstić information content (AvgIpc) is 3.50. The van der Waals surface area contributed by atoms with Crippen molar-refractivity contribution in [3.63, 3.8) is 0 Å². The standard InChI is InChI=1S/C33H43N3O2S/c1-32-17-21-19-35-36(23-8-4-3-5-9-23)27(21)16-22(32)11-12-24-25-13-14-26(33(25,2)18-28(37)31(24)32)29(38)20-39-30-10-6-7-15-34-30/h6-7,10,15-16,19,23-26,28,31,37H,3-5,8-9,11-14,17-18,20H2,1-2H3/t24?,25?,26?,28-,31?,32?,33?/m0/s1. The van der Waals surface area contributed by atoms with Crippen LogP contribution in [-0.2, 0) is 11.2 Å². The third kappa shape index (κ3) is 4.18. The normalized spacial score (nSPS) is 37.8. The zero-order chi connectivity index (χ0) is 26.8. The van der Waals surface area contributed by atoms with E-state index in [2.05, 4.69) is 35.8 Å². The molecule has 0 radical (unpaired) electrons. The van der Waals surface area contributed by atoms with Crippen LogP contribution in [0.5, 0.6) is 0 Å². The summed E-state index contributed by atoms with van der Waals surface area (Å²) in [7, 11) is 0. The minimum absolute atomic E-state index is 0.0198. The highest BCUT2D eigenvalue weighted by molar-refractivity contribution is 7.99. The Balaban J connectivity index is 1.12. The lowest BCUT2D eigenvalue weighted by molar-refractivity contribution is -0.140. The van der Waals surface area contributed by atoms with E-state index in [1.165, 1.54) is 48.9 Å². The summed E-state index contributed by atoms with van der Waals surface area (Å²) in [6.07, 6.45) is 18.6. The summed E-state index contributed by atoms with van der Waals surface area (Å²) in [4.78, 5) is 17.9. The molecule has 0 saturated heterocycles. The summed E-state index contributed by atoms with van der Waals surface area (Å²) in [6.45, 7) is 4.77. The second-order valence-electron chi connectivity index (χ2n) is 13.7. The fourth-order valence-corrected chi connectivity index (χ4v) is 10.8. The number of carbonyl (C=O) groups is 1. The molecular formula is C33H43N3O2S. The number of rotatable bonds is 5. The molecule has 0 spiro atoms. The summed E-state index contributed by atoms with van der Waals surface area (Å²) in [5.74, 6) is 2.14. The molecule has 39 heavy (non-hydrogen) atoms. The molecule has 5 nitrogen and oxygen atoms in total. The van der Waals surface area contributed by atoms with E-state index in [-0.39, 0.29) is 28.8 Å². The highest BCUT2D eigenvalue weighted by atomic mass is 32.2. The molecule has 5 aliphatic rings. The van der Waals surface area contributed by atoms with E-state index < -0.39 is 0 Å². The van der Waals surface area contributed by atoms with Gasteiger partial charge in [0.05, 0.1) is 34.8 Å². The number of hydrogen-bond acceptors (Lipinski definition) is 5. The maximum absolute atomic E-state index is 13.6. The number of ketones is 1. The largest absolute Gasteiger partial charge is 0.393 e. The molecule has 7 rings (SSSR count). The van der Waals surface area contributed by atoms with E-state index >= 15 is 0 Å². The number of Topliss-reactive ketones (excluding diaryl/α,β-unsaturated/α-hetero) is 1. The Labute approximate surface area is 237 Å². The first-order valence-electron chi connectivity index (χ1n) is 15.4. The molecule has 0 aliphatic heterocycles. The van der Waals surface area contributed by atoms with Crippen LogP contribution in [0.2, 0.25) is 0 Å². The maximum atomic E-state index is 13.6. The van der Waals surface area contributed by atoms with Gasteiger partial charge in [0.25, 0.3) is 0 Å². The number of nitrogens with zero attached hydrogens (tertiary/aromatic N) is 3. The van der Waals surface area contributed by atoms with E-state index in [0.29, 0.717) is 29.4 Å². The van der Waals surface area contributed by atoms with Crippen molar-refractivity contribution in [1.29, 1.82) is 0 Å². The summed E-state index contributed by atoms with van der Waals surface area (Å²) in [6, 6.07) is 6.42. The molecule has 6 unspecified atom stereocenters. The lowest BCUT2D eigenvalue weighted by Crippen LogP contribution is -2.57. The van der Waals surface area contributed by atoms with Gasteiger partial charge in [0.1, 0.15) is 5.78 Å². The van der Waals surface area contributed by atoms with Crippen molar-refractivity contribution in [2.45, 2.75) is 102 Å². The molecule has 2 aromatic heterocycles. The van der Waals surface area contributed by atoms with Crippen LogP contribution in [0.25, 0.3) is 6.08 Å². The maximum Gasteiger partial charge on any atom is 0.146 e. The highest BCUT2D eigenvalue weighted by Crippen LogP contribution is 2.66. The molecule has 1 N–H and O–H groups in total. The lowest BCUT2D eigenvalue weighted by Gasteiger charge is -2.59. The minimum Gasteiger partial charge on any atom is -0.393 e. The molecule has 7 atom stereocenters. The van der Waals surface area contributed by atoms with Crippen LogP contribution in [0.15, 0.2) is 41.2 Å². The topological polar surface area (TPSA) is 68.0 Å². The van der Waals surface area contributed by atoms with Gasteiger partial charge in [-0.3, -0.25) is 9.48 Å². The van der Waals surface area contributed by atoms with Crippen LogP contribution >= 0.6 is 11.8 Å². The Morgan fingerprint density at radius 2 is 1.97 bits per heavy atom. The molecule has 0 aromatic carbocycles. The number of hydrogen-bond donors (Lipinski definition) is 1. The Morgan fingerprint density at radius 3 is 2.77 bits per heavy atom. The van der Waals surface area contributed by atoms with Gasteiger partial charge in [0.2, 0.25) is 0 Å². The molecule has 0 amide bonds. The number of aliphatic hydroxyl groups excluding tert-OH is 1. The molecule has 4 fully saturated rings. The molecule has 2 heterocycles. The van der Waals surface area contributed by atoms with Crippen molar-refractivity contribution in [2.75, 3.05) is 5.75 Å². The predicted molar refractivity (Wildman–Crippen MR) is 155 cm³/mol. The van der Waals surface area contributed by atoms with Crippen LogP contribution in [0.3, 0.4) is 0 Å². The Hall–Kier alpha value is -1.92. The van der Waals surface area contributed by atoms with Crippen LogP contribution < -0.4 is 0 Å². The smallest absolute Gasteiger partial charge is 0.146 e. The number of fused-ring (bicyclic) bond motifs is 6. The van der Waals surface area contributed by atoms with E-state index in [9.17, 15) is 9.90 Å². The fourth-order valence-electron chi connectivity index (χ4n) is 10.0. The van der Waals surface area contributed by atoms with Gasteiger partial charge in [0, 0.05) is 12.1 Å². The van der Waals surface area contributed by atoms with E-state index in [0.717, 1.165) is 43.6 Å². The second kappa shape index (κ2) is 9.87. The molecular weight excluding hydrogens is 502 g/mol. The van der Waals surface area contributed by atoms with E-state index in [1.807, 2.05) is 18.2 Å². The van der Waals surface area contributed by atoms with Crippen molar-refractivity contribution in [2.24, 2.45) is 34.5 Å².